The van der Waals surface area contributed by atoms with Gasteiger partial charge in [-0.05, 0) is 60.1 Å². The molecule has 2 bridgehead atoms. The number of amides is 1. The first-order chi connectivity index (χ1) is 18.6. The molecule has 5 nitrogen and oxygen atoms in total. The van der Waals surface area contributed by atoms with E-state index in [2.05, 4.69) is 29.2 Å². The van der Waals surface area contributed by atoms with Gasteiger partial charge < -0.3 is 9.64 Å². The summed E-state index contributed by atoms with van der Waals surface area (Å²) in [6.45, 7) is 0.279. The normalized spacial score (nSPS) is 21.8. The lowest BCUT2D eigenvalue weighted by molar-refractivity contribution is 0.0504. The Morgan fingerprint density at radius 1 is 0.895 bits per heavy atom. The van der Waals surface area contributed by atoms with Crippen LogP contribution in [0.5, 0.6) is 0 Å². The van der Waals surface area contributed by atoms with Gasteiger partial charge in [-0.2, -0.15) is 0 Å². The van der Waals surface area contributed by atoms with Gasteiger partial charge in [0, 0.05) is 41.6 Å². The van der Waals surface area contributed by atoms with E-state index >= 15 is 0 Å². The fraction of sp³-hybridized carbons (Fsp3) is 0.281. The first-order valence-electron chi connectivity index (χ1n) is 13.3. The van der Waals surface area contributed by atoms with E-state index in [4.69, 9.17) is 4.74 Å². The van der Waals surface area contributed by atoms with Crippen molar-refractivity contribution in [1.29, 1.82) is 0 Å². The summed E-state index contributed by atoms with van der Waals surface area (Å²) in [6, 6.07) is 23.0. The van der Waals surface area contributed by atoms with Crippen LogP contribution < -0.4 is 0 Å². The molecular formula is C32H27FN2O3. The van der Waals surface area contributed by atoms with Gasteiger partial charge in [0.15, 0.2) is 5.78 Å². The molecule has 1 aliphatic carbocycles. The number of Topliss-reactive ketones (excluding diaryl/α,β-unsaturated/α-hetero) is 1. The molecule has 0 radical (unpaired) electrons. The lowest BCUT2D eigenvalue weighted by Crippen LogP contribution is -2.48. The van der Waals surface area contributed by atoms with Crippen molar-refractivity contribution in [2.45, 2.75) is 43.7 Å². The summed E-state index contributed by atoms with van der Waals surface area (Å²) in [5, 5.41) is 0.747. The Kier molecular flexibility index (Phi) is 5.50. The number of aromatic nitrogens is 1. The molecule has 3 aromatic carbocycles. The number of carbonyl (C=O) groups excluding carboxylic acids is 2. The van der Waals surface area contributed by atoms with Crippen LogP contribution in [0, 0.1) is 11.7 Å². The summed E-state index contributed by atoms with van der Waals surface area (Å²) in [5.41, 5.74) is 5.40. The molecule has 38 heavy (non-hydrogen) atoms. The van der Waals surface area contributed by atoms with E-state index in [0.29, 0.717) is 18.4 Å². The minimum absolute atomic E-state index is 0.00786. The number of hydrogen-bond acceptors (Lipinski definition) is 4. The van der Waals surface area contributed by atoms with E-state index in [1.807, 2.05) is 35.2 Å². The number of ketones is 1. The van der Waals surface area contributed by atoms with Gasteiger partial charge in [-0.3, -0.25) is 9.78 Å². The van der Waals surface area contributed by atoms with Crippen molar-refractivity contribution in [3.05, 3.63) is 102 Å². The van der Waals surface area contributed by atoms with E-state index in [1.165, 1.54) is 28.3 Å². The summed E-state index contributed by atoms with van der Waals surface area (Å²) in [7, 11) is 0. The Balaban J connectivity index is 1.06. The summed E-state index contributed by atoms with van der Waals surface area (Å²) in [6.07, 6.45) is 4.04. The van der Waals surface area contributed by atoms with Gasteiger partial charge >= 0.3 is 6.09 Å². The number of benzene rings is 3. The lowest BCUT2D eigenvalue weighted by Gasteiger charge is -2.37. The van der Waals surface area contributed by atoms with Crippen molar-refractivity contribution in [1.82, 2.24) is 9.88 Å². The summed E-state index contributed by atoms with van der Waals surface area (Å²) >= 11 is 0. The second-order valence-electron chi connectivity index (χ2n) is 10.7. The Morgan fingerprint density at radius 3 is 2.24 bits per heavy atom. The highest BCUT2D eigenvalue weighted by Gasteiger charge is 2.46. The molecule has 6 heteroatoms. The molecule has 2 atom stereocenters. The Hall–Kier alpha value is -4.06. The molecule has 0 saturated carbocycles. The van der Waals surface area contributed by atoms with Crippen LogP contribution in [0.15, 0.2) is 79.0 Å². The monoisotopic (exact) mass is 506 g/mol. The van der Waals surface area contributed by atoms with Crippen molar-refractivity contribution in [3.63, 3.8) is 0 Å². The van der Waals surface area contributed by atoms with E-state index in [9.17, 15) is 14.0 Å². The molecule has 2 fully saturated rings. The molecule has 4 aromatic rings. The van der Waals surface area contributed by atoms with Gasteiger partial charge in [0.1, 0.15) is 12.4 Å². The Bertz CT molecular complexity index is 1520. The molecule has 7 rings (SSSR count). The maximum absolute atomic E-state index is 14.9. The number of hydrogen-bond donors (Lipinski definition) is 0. The average molecular weight is 507 g/mol. The quantitative estimate of drug-likeness (QED) is 0.287. The minimum atomic E-state index is -0.535. The van der Waals surface area contributed by atoms with Gasteiger partial charge in [0.25, 0.3) is 0 Å². The zero-order valence-corrected chi connectivity index (χ0v) is 20.8. The number of rotatable bonds is 4. The highest BCUT2D eigenvalue weighted by molar-refractivity contribution is 6.01. The molecule has 3 heterocycles. The van der Waals surface area contributed by atoms with E-state index < -0.39 is 5.82 Å². The third kappa shape index (κ3) is 3.70. The Labute approximate surface area is 220 Å². The first kappa shape index (κ1) is 23.1. The summed E-state index contributed by atoms with van der Waals surface area (Å²) < 4.78 is 20.8. The van der Waals surface area contributed by atoms with Crippen molar-refractivity contribution >= 4 is 22.8 Å². The molecule has 1 aromatic heterocycles. The third-order valence-corrected chi connectivity index (χ3v) is 8.61. The topological polar surface area (TPSA) is 59.5 Å². The van der Waals surface area contributed by atoms with Gasteiger partial charge in [0.2, 0.25) is 0 Å². The number of piperidine rings is 1. The third-order valence-electron chi connectivity index (χ3n) is 8.61. The van der Waals surface area contributed by atoms with Crippen LogP contribution in [0.25, 0.3) is 22.0 Å². The first-order valence-corrected chi connectivity index (χ1v) is 13.3. The van der Waals surface area contributed by atoms with Crippen LogP contribution in [0.4, 0.5) is 9.18 Å². The molecule has 1 amide bonds. The number of pyridine rings is 1. The van der Waals surface area contributed by atoms with Gasteiger partial charge in [-0.1, -0.05) is 54.6 Å². The van der Waals surface area contributed by atoms with Crippen molar-refractivity contribution in [2.75, 3.05) is 6.61 Å². The minimum Gasteiger partial charge on any atom is -0.448 e. The predicted molar refractivity (Wildman–Crippen MR) is 142 cm³/mol. The van der Waals surface area contributed by atoms with E-state index in [-0.39, 0.29) is 48.0 Å². The van der Waals surface area contributed by atoms with E-state index in [1.54, 1.807) is 18.3 Å². The molecular weight excluding hydrogens is 479 g/mol. The summed E-state index contributed by atoms with van der Waals surface area (Å²) in [4.78, 5) is 32.8. The summed E-state index contributed by atoms with van der Waals surface area (Å²) in [5.74, 6) is -1.02. The standard InChI is InChI=1S/C32H27FN2O3/c33-29-17-30-19(6-5-13-34-30)16-27(29)31(36)20-14-21-11-12-22(15-20)35(21)32(37)38-18-28-25-9-3-1-7-23(25)24-8-2-4-10-26(24)28/h1-10,13,16-17,20-22,28H,11-12,14-15,18H2. The fourth-order valence-electron chi connectivity index (χ4n) is 6.86. The molecule has 2 saturated heterocycles. The van der Waals surface area contributed by atoms with Gasteiger partial charge in [-0.15, -0.1) is 0 Å². The molecule has 3 aliphatic rings. The number of ether oxygens (including phenoxy) is 1. The number of nitrogens with zero attached hydrogens (tertiary/aromatic N) is 2. The van der Waals surface area contributed by atoms with Gasteiger partial charge in [-0.25, -0.2) is 9.18 Å². The smallest absolute Gasteiger partial charge is 0.410 e. The van der Waals surface area contributed by atoms with Crippen molar-refractivity contribution < 1.29 is 18.7 Å². The van der Waals surface area contributed by atoms with Crippen LogP contribution in [-0.4, -0.2) is 40.5 Å². The SMILES string of the molecule is O=C(c1cc2cccnc2cc1F)C1CC2CCC(C1)N2C(=O)OCC1c2ccccc2-c2ccccc21. The molecule has 2 unspecified atom stereocenters. The van der Waals surface area contributed by atoms with Gasteiger partial charge in [0.05, 0.1) is 11.1 Å². The lowest BCUT2D eigenvalue weighted by atomic mass is 9.84. The molecule has 190 valence electrons. The largest absolute Gasteiger partial charge is 0.448 e. The average Bonchev–Trinajstić information content (AvgIpc) is 3.41. The maximum atomic E-state index is 14.9. The van der Waals surface area contributed by atoms with Crippen LogP contribution >= 0.6 is 0 Å². The number of fused-ring (bicyclic) bond motifs is 6. The van der Waals surface area contributed by atoms with Crippen molar-refractivity contribution in [2.24, 2.45) is 5.92 Å². The van der Waals surface area contributed by atoms with Crippen LogP contribution in [0.2, 0.25) is 0 Å². The van der Waals surface area contributed by atoms with Crippen molar-refractivity contribution in [3.8, 4) is 11.1 Å². The molecule has 2 aliphatic heterocycles. The second-order valence-corrected chi connectivity index (χ2v) is 10.7. The second kappa shape index (κ2) is 9.05. The van der Waals surface area contributed by atoms with Crippen LogP contribution in [0.3, 0.4) is 0 Å². The van der Waals surface area contributed by atoms with Crippen LogP contribution in [-0.2, 0) is 4.74 Å². The number of carbonyl (C=O) groups is 2. The van der Waals surface area contributed by atoms with Crippen LogP contribution in [0.1, 0.15) is 53.1 Å². The van der Waals surface area contributed by atoms with E-state index in [0.717, 1.165) is 18.2 Å². The predicted octanol–water partition coefficient (Wildman–Crippen LogP) is 6.75. The molecule has 0 spiro atoms. The zero-order valence-electron chi connectivity index (χ0n) is 20.8. The Morgan fingerprint density at radius 2 is 1.55 bits per heavy atom. The zero-order chi connectivity index (χ0) is 25.8. The highest BCUT2D eigenvalue weighted by Crippen LogP contribution is 2.45. The maximum Gasteiger partial charge on any atom is 0.410 e. The fourth-order valence-corrected chi connectivity index (χ4v) is 6.86. The number of halogens is 1. The molecule has 0 N–H and O–H groups in total. The highest BCUT2D eigenvalue weighted by atomic mass is 19.1.